The lowest BCUT2D eigenvalue weighted by atomic mass is 10.0. The fourth-order valence-electron chi connectivity index (χ4n) is 3.44. The van der Waals surface area contributed by atoms with Crippen LogP contribution >= 0.6 is 0 Å². The lowest BCUT2D eigenvalue weighted by Crippen LogP contribution is -2.47. The van der Waals surface area contributed by atoms with E-state index in [2.05, 4.69) is 20.1 Å². The molecule has 0 spiro atoms. The monoisotopic (exact) mass is 382 g/mol. The maximum absolute atomic E-state index is 11.6. The number of rotatable bonds is 6. The minimum Gasteiger partial charge on any atom is -0.495 e. The third-order valence-corrected chi connectivity index (χ3v) is 4.86. The van der Waals surface area contributed by atoms with Crippen molar-refractivity contribution < 1.29 is 4.74 Å². The molecule has 8 nitrogen and oxygen atoms in total. The van der Waals surface area contributed by atoms with Crippen LogP contribution in [0.25, 0.3) is 5.57 Å². The van der Waals surface area contributed by atoms with E-state index >= 15 is 0 Å². The van der Waals surface area contributed by atoms with Gasteiger partial charge in [0.1, 0.15) is 5.75 Å². The summed E-state index contributed by atoms with van der Waals surface area (Å²) in [7, 11) is 3.40. The molecule has 8 heteroatoms. The van der Waals surface area contributed by atoms with Gasteiger partial charge in [-0.3, -0.25) is 4.79 Å². The summed E-state index contributed by atoms with van der Waals surface area (Å²) in [6.07, 6.45) is 4.77. The Morgan fingerprint density at radius 3 is 2.57 bits per heavy atom. The van der Waals surface area contributed by atoms with Crippen LogP contribution in [0.2, 0.25) is 0 Å². The number of nitrogens with two attached hydrogens (primary N) is 1. The van der Waals surface area contributed by atoms with E-state index in [1.54, 1.807) is 32.6 Å². The number of aromatic amines is 1. The molecule has 1 saturated heterocycles. The molecule has 0 radical (unpaired) electrons. The number of nitrogens with one attached hydrogen (secondary N) is 3. The molecule has 2 aromatic rings. The minimum absolute atomic E-state index is 0.0988. The number of H-pyrrole nitrogens is 1. The molecule has 3 rings (SSSR count). The summed E-state index contributed by atoms with van der Waals surface area (Å²) in [5.41, 5.74) is 10.1. The maximum atomic E-state index is 11.6. The lowest BCUT2D eigenvalue weighted by Gasteiger charge is -2.38. The van der Waals surface area contributed by atoms with E-state index in [0.29, 0.717) is 11.4 Å². The summed E-state index contributed by atoms with van der Waals surface area (Å²) >= 11 is 0. The van der Waals surface area contributed by atoms with Gasteiger partial charge in [0, 0.05) is 86.5 Å². The van der Waals surface area contributed by atoms with E-state index < -0.39 is 0 Å². The predicted octanol–water partition coefficient (Wildman–Crippen LogP) is 1.50. The Morgan fingerprint density at radius 2 is 1.96 bits per heavy atom. The predicted molar refractivity (Wildman–Crippen MR) is 115 cm³/mol. The van der Waals surface area contributed by atoms with Gasteiger partial charge in [-0.05, 0) is 12.1 Å². The molecule has 2 heterocycles. The largest absolute Gasteiger partial charge is 0.495 e. The SMILES string of the molecule is CN/C=C(\C=N)c1cc(N)c(OC)cc1N1CCN(c2cc[nH]c(=O)c2)CC1. The number of allylic oxidation sites excluding steroid dienone is 1. The number of pyridine rings is 1. The van der Waals surface area contributed by atoms with Gasteiger partial charge in [0.25, 0.3) is 0 Å². The molecule has 0 atom stereocenters. The molecule has 1 aromatic carbocycles. The highest BCUT2D eigenvalue weighted by molar-refractivity contribution is 6.11. The molecule has 0 unspecified atom stereocenters. The number of methoxy groups -OCH3 is 1. The smallest absolute Gasteiger partial charge is 0.249 e. The Kier molecular flexibility index (Phi) is 5.88. The normalized spacial score (nSPS) is 14.7. The van der Waals surface area contributed by atoms with Crippen molar-refractivity contribution in [1.29, 1.82) is 5.41 Å². The molecular weight excluding hydrogens is 356 g/mol. The quantitative estimate of drug-likeness (QED) is 0.445. The number of hydrogen-bond donors (Lipinski definition) is 4. The zero-order valence-electron chi connectivity index (χ0n) is 16.2. The van der Waals surface area contributed by atoms with Crippen molar-refractivity contribution in [1.82, 2.24) is 10.3 Å². The van der Waals surface area contributed by atoms with Crippen LogP contribution in [0.3, 0.4) is 0 Å². The van der Waals surface area contributed by atoms with E-state index in [1.807, 2.05) is 18.2 Å². The third kappa shape index (κ3) is 3.95. The zero-order chi connectivity index (χ0) is 20.1. The van der Waals surface area contributed by atoms with Crippen molar-refractivity contribution in [2.75, 3.05) is 55.9 Å². The van der Waals surface area contributed by atoms with Gasteiger partial charge in [-0.25, -0.2) is 0 Å². The van der Waals surface area contributed by atoms with Gasteiger partial charge in [-0.2, -0.15) is 0 Å². The van der Waals surface area contributed by atoms with Gasteiger partial charge in [0.15, 0.2) is 0 Å². The van der Waals surface area contributed by atoms with E-state index in [0.717, 1.165) is 48.7 Å². The molecule has 1 aliphatic heterocycles. The van der Waals surface area contributed by atoms with Crippen molar-refractivity contribution in [3.63, 3.8) is 0 Å². The highest BCUT2D eigenvalue weighted by Gasteiger charge is 2.22. The number of aromatic nitrogens is 1. The summed E-state index contributed by atoms with van der Waals surface area (Å²) in [6, 6.07) is 7.32. The first-order valence-corrected chi connectivity index (χ1v) is 9.11. The fourth-order valence-corrected chi connectivity index (χ4v) is 3.44. The molecule has 148 valence electrons. The van der Waals surface area contributed by atoms with Crippen molar-refractivity contribution in [2.45, 2.75) is 0 Å². The number of ether oxygens (including phenoxy) is 1. The number of nitrogen functional groups attached to an aromatic ring is 1. The van der Waals surface area contributed by atoms with Crippen LogP contribution < -0.4 is 31.1 Å². The Balaban J connectivity index is 1.90. The van der Waals surface area contributed by atoms with E-state index in [1.165, 1.54) is 6.21 Å². The molecule has 5 N–H and O–H groups in total. The van der Waals surface area contributed by atoms with Crippen LogP contribution in [0.4, 0.5) is 17.1 Å². The van der Waals surface area contributed by atoms with Crippen LogP contribution in [0.1, 0.15) is 5.56 Å². The fraction of sp³-hybridized carbons (Fsp3) is 0.300. The van der Waals surface area contributed by atoms with Crippen LogP contribution in [0.15, 0.2) is 41.5 Å². The molecule has 0 saturated carbocycles. The summed E-state index contributed by atoms with van der Waals surface area (Å²) in [5.74, 6) is 0.615. The van der Waals surface area contributed by atoms with Crippen molar-refractivity contribution in [3.05, 3.63) is 52.6 Å². The highest BCUT2D eigenvalue weighted by atomic mass is 16.5. The summed E-state index contributed by atoms with van der Waals surface area (Å²) < 4.78 is 5.42. The first-order chi connectivity index (χ1) is 13.6. The van der Waals surface area contributed by atoms with Crippen molar-refractivity contribution >= 4 is 28.8 Å². The lowest BCUT2D eigenvalue weighted by molar-refractivity contribution is 0.417. The summed E-state index contributed by atoms with van der Waals surface area (Å²) in [5, 5.41) is 10.8. The molecule has 0 amide bonds. The van der Waals surface area contributed by atoms with Crippen molar-refractivity contribution in [2.24, 2.45) is 0 Å². The maximum Gasteiger partial charge on any atom is 0.249 e. The van der Waals surface area contributed by atoms with Crippen LogP contribution in [-0.2, 0) is 0 Å². The molecular formula is C20H26N6O2. The van der Waals surface area contributed by atoms with Crippen LogP contribution in [0, 0.1) is 5.41 Å². The number of hydrogen-bond acceptors (Lipinski definition) is 7. The van der Waals surface area contributed by atoms with Gasteiger partial charge >= 0.3 is 0 Å². The Labute approximate surface area is 164 Å². The number of nitrogens with zero attached hydrogens (tertiary/aromatic N) is 2. The molecule has 1 fully saturated rings. The highest BCUT2D eigenvalue weighted by Crippen LogP contribution is 2.35. The first-order valence-electron chi connectivity index (χ1n) is 9.11. The van der Waals surface area contributed by atoms with Crippen LogP contribution in [-0.4, -0.2) is 51.5 Å². The van der Waals surface area contributed by atoms with Gasteiger partial charge < -0.3 is 36.0 Å². The second kappa shape index (κ2) is 8.51. The standard InChI is InChI=1S/C20H26N6O2/c1-23-13-14(12-21)16-10-17(22)19(28-2)11-18(16)26-7-5-25(6-8-26)15-3-4-24-20(27)9-15/h3-4,9-13,21,23H,5-8,22H2,1-2H3,(H,24,27)/b14-13+,21-12?. The Hall–Kier alpha value is -3.42. The average Bonchev–Trinajstić information content (AvgIpc) is 2.72. The zero-order valence-corrected chi connectivity index (χ0v) is 16.2. The number of benzene rings is 1. The number of piperazine rings is 1. The van der Waals surface area contributed by atoms with E-state index in [-0.39, 0.29) is 5.56 Å². The minimum atomic E-state index is -0.0988. The van der Waals surface area contributed by atoms with E-state index in [9.17, 15) is 4.79 Å². The Morgan fingerprint density at radius 1 is 1.25 bits per heavy atom. The second-order valence-electron chi connectivity index (χ2n) is 6.53. The first kappa shape index (κ1) is 19.3. The van der Waals surface area contributed by atoms with Gasteiger partial charge in [-0.15, -0.1) is 0 Å². The van der Waals surface area contributed by atoms with Crippen molar-refractivity contribution in [3.8, 4) is 5.75 Å². The molecule has 0 aliphatic carbocycles. The van der Waals surface area contributed by atoms with Gasteiger partial charge in [0.2, 0.25) is 5.56 Å². The summed E-state index contributed by atoms with van der Waals surface area (Å²) in [6.45, 7) is 3.12. The second-order valence-corrected chi connectivity index (χ2v) is 6.53. The molecule has 1 aliphatic rings. The third-order valence-electron chi connectivity index (χ3n) is 4.86. The van der Waals surface area contributed by atoms with Crippen LogP contribution in [0.5, 0.6) is 5.75 Å². The average molecular weight is 382 g/mol. The Bertz CT molecular complexity index is 929. The molecule has 0 bridgehead atoms. The topological polar surface area (TPSA) is 110 Å². The van der Waals surface area contributed by atoms with Gasteiger partial charge in [-0.1, -0.05) is 0 Å². The van der Waals surface area contributed by atoms with Gasteiger partial charge in [0.05, 0.1) is 12.8 Å². The number of anilines is 3. The summed E-state index contributed by atoms with van der Waals surface area (Å²) in [4.78, 5) is 18.7. The molecule has 28 heavy (non-hydrogen) atoms. The van der Waals surface area contributed by atoms with E-state index in [4.69, 9.17) is 15.9 Å². The molecule has 1 aromatic heterocycles.